The lowest BCUT2D eigenvalue weighted by Gasteiger charge is -2.26. The molecule has 0 spiro atoms. The molecule has 1 rings (SSSR count). The first-order chi connectivity index (χ1) is 9.00. The summed E-state index contributed by atoms with van der Waals surface area (Å²) in [5, 5.41) is 0. The second-order valence-corrected chi connectivity index (χ2v) is 5.26. The van der Waals surface area contributed by atoms with Crippen LogP contribution in [0.25, 0.3) is 0 Å². The van der Waals surface area contributed by atoms with E-state index in [1.165, 1.54) is 0 Å². The average molecular weight is 263 g/mol. The van der Waals surface area contributed by atoms with Gasteiger partial charge in [-0.3, -0.25) is 4.79 Å². The molecule has 0 unspecified atom stereocenters. The van der Waals surface area contributed by atoms with E-state index >= 15 is 0 Å². The van der Waals surface area contributed by atoms with Crippen molar-refractivity contribution in [2.45, 2.75) is 0 Å². The topological polar surface area (TPSA) is 26.8 Å². The minimum Gasteiger partial charge on any atom is -0.336 e. The molecule has 0 bridgehead atoms. The Morgan fingerprint density at radius 3 is 1.74 bits per heavy atom. The molecule has 0 saturated carbocycles. The monoisotopic (exact) mass is 263 g/mol. The first-order valence-electron chi connectivity index (χ1n) is 6.64. The van der Waals surface area contributed by atoms with Crippen LogP contribution in [0.3, 0.4) is 0 Å². The van der Waals surface area contributed by atoms with Gasteiger partial charge in [-0.2, -0.15) is 0 Å². The molecule has 0 aliphatic rings. The Hall–Kier alpha value is -1.39. The second-order valence-electron chi connectivity index (χ2n) is 5.26. The molecule has 0 atom stereocenters. The minimum absolute atomic E-state index is 0.115. The molecule has 4 nitrogen and oxygen atoms in total. The maximum Gasteiger partial charge on any atom is 0.253 e. The summed E-state index contributed by atoms with van der Waals surface area (Å²) in [4.78, 5) is 18.6. The number of nitrogens with zero attached hydrogens (tertiary/aromatic N) is 3. The molecule has 0 aliphatic carbocycles. The minimum atomic E-state index is 0.115. The number of carbonyl (C=O) groups is 1. The van der Waals surface area contributed by atoms with Crippen molar-refractivity contribution in [3.05, 3.63) is 35.9 Å². The van der Waals surface area contributed by atoms with Crippen molar-refractivity contribution in [2.24, 2.45) is 0 Å². The Balaban J connectivity index is 2.68. The zero-order chi connectivity index (χ0) is 14.3. The molecule has 1 amide bonds. The van der Waals surface area contributed by atoms with Crippen LogP contribution in [0.5, 0.6) is 0 Å². The Bertz CT molecular complexity index is 364. The number of benzene rings is 1. The van der Waals surface area contributed by atoms with E-state index in [1.54, 1.807) is 0 Å². The van der Waals surface area contributed by atoms with Gasteiger partial charge in [-0.1, -0.05) is 18.2 Å². The summed E-state index contributed by atoms with van der Waals surface area (Å²) >= 11 is 0. The van der Waals surface area contributed by atoms with E-state index in [1.807, 2.05) is 63.4 Å². The Morgan fingerprint density at radius 1 is 0.842 bits per heavy atom. The fourth-order valence-electron chi connectivity index (χ4n) is 1.72. The van der Waals surface area contributed by atoms with E-state index in [0.717, 1.165) is 31.7 Å². The van der Waals surface area contributed by atoms with Gasteiger partial charge in [0.25, 0.3) is 5.91 Å². The molecule has 0 saturated heterocycles. The van der Waals surface area contributed by atoms with Gasteiger partial charge in [0.15, 0.2) is 0 Å². The van der Waals surface area contributed by atoms with Gasteiger partial charge in [-0.05, 0) is 40.3 Å². The molecule has 4 heteroatoms. The van der Waals surface area contributed by atoms with E-state index in [0.29, 0.717) is 0 Å². The lowest BCUT2D eigenvalue weighted by molar-refractivity contribution is 0.0734. The van der Waals surface area contributed by atoms with Gasteiger partial charge in [0, 0.05) is 31.7 Å². The third-order valence-electron chi connectivity index (χ3n) is 2.94. The van der Waals surface area contributed by atoms with Crippen LogP contribution in [0.15, 0.2) is 30.3 Å². The first kappa shape index (κ1) is 15.7. The Morgan fingerprint density at radius 2 is 1.32 bits per heavy atom. The predicted octanol–water partition coefficient (Wildman–Crippen LogP) is 1.25. The van der Waals surface area contributed by atoms with Crippen LogP contribution in [-0.4, -0.2) is 75.0 Å². The van der Waals surface area contributed by atoms with Crippen LogP contribution in [0, 0.1) is 0 Å². The summed E-state index contributed by atoms with van der Waals surface area (Å²) in [5.41, 5.74) is 0.764. The second kappa shape index (κ2) is 7.92. The number of carbonyl (C=O) groups excluding carboxylic acids is 1. The molecule has 0 aliphatic heterocycles. The van der Waals surface area contributed by atoms with Crippen molar-refractivity contribution in [2.75, 3.05) is 54.4 Å². The number of likely N-dealkylation sites (N-methyl/N-ethyl adjacent to an activating group) is 2. The van der Waals surface area contributed by atoms with Crippen molar-refractivity contribution in [1.82, 2.24) is 14.7 Å². The van der Waals surface area contributed by atoms with E-state index in [9.17, 15) is 4.79 Å². The van der Waals surface area contributed by atoms with Crippen molar-refractivity contribution < 1.29 is 4.79 Å². The lowest BCUT2D eigenvalue weighted by atomic mass is 10.2. The largest absolute Gasteiger partial charge is 0.336 e. The molecule has 0 heterocycles. The van der Waals surface area contributed by atoms with Crippen LogP contribution in [0.2, 0.25) is 0 Å². The highest BCUT2D eigenvalue weighted by Crippen LogP contribution is 2.04. The Kier molecular flexibility index (Phi) is 6.53. The summed E-state index contributed by atoms with van der Waals surface area (Å²) in [6, 6.07) is 9.49. The maximum absolute atomic E-state index is 12.5. The van der Waals surface area contributed by atoms with Crippen LogP contribution in [0.4, 0.5) is 0 Å². The van der Waals surface area contributed by atoms with Gasteiger partial charge < -0.3 is 14.7 Å². The van der Waals surface area contributed by atoms with E-state index < -0.39 is 0 Å². The summed E-state index contributed by atoms with van der Waals surface area (Å²) < 4.78 is 0. The van der Waals surface area contributed by atoms with E-state index in [-0.39, 0.29) is 5.91 Å². The third-order valence-corrected chi connectivity index (χ3v) is 2.94. The zero-order valence-corrected chi connectivity index (χ0v) is 12.5. The van der Waals surface area contributed by atoms with Crippen molar-refractivity contribution in [3.8, 4) is 0 Å². The van der Waals surface area contributed by atoms with Crippen LogP contribution >= 0.6 is 0 Å². The number of rotatable bonds is 7. The van der Waals surface area contributed by atoms with Gasteiger partial charge in [-0.15, -0.1) is 0 Å². The molecule has 1 aromatic carbocycles. The highest BCUT2D eigenvalue weighted by atomic mass is 16.2. The zero-order valence-electron chi connectivity index (χ0n) is 12.5. The molecule has 19 heavy (non-hydrogen) atoms. The third kappa shape index (κ3) is 5.85. The number of hydrogen-bond donors (Lipinski definition) is 0. The summed E-state index contributed by atoms with van der Waals surface area (Å²) in [6.45, 7) is 3.28. The van der Waals surface area contributed by atoms with Crippen molar-refractivity contribution >= 4 is 5.91 Å². The van der Waals surface area contributed by atoms with Crippen molar-refractivity contribution in [1.29, 1.82) is 0 Å². The normalized spacial score (nSPS) is 11.1. The highest BCUT2D eigenvalue weighted by molar-refractivity contribution is 5.94. The molecular formula is C15H25N3O. The SMILES string of the molecule is CN(C)CCN(CCN(C)C)C(=O)c1ccccc1. The average Bonchev–Trinajstić information content (AvgIpc) is 2.38. The maximum atomic E-state index is 12.5. The number of hydrogen-bond acceptors (Lipinski definition) is 3. The molecule has 106 valence electrons. The van der Waals surface area contributed by atoms with Gasteiger partial charge in [0.05, 0.1) is 0 Å². The van der Waals surface area contributed by atoms with Crippen LogP contribution in [0.1, 0.15) is 10.4 Å². The van der Waals surface area contributed by atoms with Gasteiger partial charge in [0.1, 0.15) is 0 Å². The van der Waals surface area contributed by atoms with Gasteiger partial charge in [-0.25, -0.2) is 0 Å². The quantitative estimate of drug-likeness (QED) is 0.741. The van der Waals surface area contributed by atoms with E-state index in [2.05, 4.69) is 9.80 Å². The molecular weight excluding hydrogens is 238 g/mol. The Labute approximate surface area is 116 Å². The standard InChI is InChI=1S/C15H25N3O/c1-16(2)10-12-18(13-11-17(3)4)15(19)14-8-6-5-7-9-14/h5-9H,10-13H2,1-4H3. The van der Waals surface area contributed by atoms with Gasteiger partial charge in [0.2, 0.25) is 0 Å². The smallest absolute Gasteiger partial charge is 0.253 e. The summed E-state index contributed by atoms with van der Waals surface area (Å²) in [5.74, 6) is 0.115. The lowest BCUT2D eigenvalue weighted by Crippen LogP contribution is -2.40. The summed E-state index contributed by atoms with van der Waals surface area (Å²) in [7, 11) is 8.10. The van der Waals surface area contributed by atoms with Gasteiger partial charge >= 0.3 is 0 Å². The van der Waals surface area contributed by atoms with Crippen LogP contribution in [-0.2, 0) is 0 Å². The first-order valence-corrected chi connectivity index (χ1v) is 6.64. The highest BCUT2D eigenvalue weighted by Gasteiger charge is 2.15. The summed E-state index contributed by atoms with van der Waals surface area (Å²) in [6.07, 6.45) is 0. The van der Waals surface area contributed by atoms with E-state index in [4.69, 9.17) is 0 Å². The molecule has 0 fully saturated rings. The predicted molar refractivity (Wildman–Crippen MR) is 79.5 cm³/mol. The molecule has 0 radical (unpaired) electrons. The molecule has 1 aromatic rings. The molecule has 0 N–H and O–H groups in total. The molecule has 0 aromatic heterocycles. The fraction of sp³-hybridized carbons (Fsp3) is 0.533. The fourth-order valence-corrected chi connectivity index (χ4v) is 1.72. The van der Waals surface area contributed by atoms with Crippen LogP contribution < -0.4 is 0 Å². The van der Waals surface area contributed by atoms with Crippen molar-refractivity contribution in [3.63, 3.8) is 0 Å². The number of amides is 1.